The average molecular weight is 210 g/mol. The van der Waals surface area contributed by atoms with Crippen molar-refractivity contribution in [3.63, 3.8) is 0 Å². The first-order chi connectivity index (χ1) is 6.77. The molecule has 0 saturated carbocycles. The Hall–Kier alpha value is -1.69. The van der Waals surface area contributed by atoms with E-state index in [2.05, 4.69) is 15.3 Å². The van der Waals surface area contributed by atoms with E-state index >= 15 is 0 Å². The standard InChI is InChI=1S/C8H7FN4S/c9-7-6(10)8(12-4-11-7)13-5-1-2-14-3-5/h1-4H,10H2,(H,11,12,13). The van der Waals surface area contributed by atoms with Gasteiger partial charge in [0.2, 0.25) is 5.95 Å². The number of rotatable bonds is 2. The third-order valence-electron chi connectivity index (χ3n) is 1.62. The van der Waals surface area contributed by atoms with E-state index in [-0.39, 0.29) is 11.5 Å². The van der Waals surface area contributed by atoms with Crippen molar-refractivity contribution in [1.29, 1.82) is 0 Å². The van der Waals surface area contributed by atoms with Gasteiger partial charge in [0.1, 0.15) is 12.0 Å². The van der Waals surface area contributed by atoms with Crippen molar-refractivity contribution in [2.45, 2.75) is 0 Å². The molecule has 2 aromatic rings. The summed E-state index contributed by atoms with van der Waals surface area (Å²) in [5.74, 6) is -0.423. The molecule has 0 fully saturated rings. The quantitative estimate of drug-likeness (QED) is 0.744. The molecule has 0 aliphatic heterocycles. The predicted molar refractivity (Wildman–Crippen MR) is 54.0 cm³/mol. The molecular weight excluding hydrogens is 203 g/mol. The fourth-order valence-electron chi connectivity index (χ4n) is 0.946. The number of aromatic nitrogens is 2. The smallest absolute Gasteiger partial charge is 0.241 e. The fourth-order valence-corrected chi connectivity index (χ4v) is 1.53. The van der Waals surface area contributed by atoms with Crippen LogP contribution in [-0.2, 0) is 0 Å². The molecule has 0 radical (unpaired) electrons. The van der Waals surface area contributed by atoms with Gasteiger partial charge in [-0.15, -0.1) is 0 Å². The lowest BCUT2D eigenvalue weighted by Crippen LogP contribution is -2.02. The van der Waals surface area contributed by atoms with Crippen molar-refractivity contribution in [2.75, 3.05) is 11.1 Å². The molecule has 0 aromatic carbocycles. The highest BCUT2D eigenvalue weighted by molar-refractivity contribution is 7.08. The van der Waals surface area contributed by atoms with Crippen LogP contribution in [0.15, 0.2) is 23.2 Å². The number of thiophene rings is 1. The van der Waals surface area contributed by atoms with Crippen LogP contribution in [0.25, 0.3) is 0 Å². The summed E-state index contributed by atoms with van der Waals surface area (Å²) in [5.41, 5.74) is 6.20. The van der Waals surface area contributed by atoms with Crippen molar-refractivity contribution in [2.24, 2.45) is 0 Å². The number of halogens is 1. The Kier molecular flexibility index (Phi) is 2.28. The molecule has 72 valence electrons. The zero-order valence-electron chi connectivity index (χ0n) is 7.07. The average Bonchev–Trinajstić information content (AvgIpc) is 2.66. The Bertz CT molecular complexity index is 429. The molecule has 3 N–H and O–H groups in total. The normalized spacial score (nSPS) is 10.1. The molecule has 0 aliphatic rings. The molecule has 0 bridgehead atoms. The van der Waals surface area contributed by atoms with Crippen LogP contribution >= 0.6 is 11.3 Å². The maximum atomic E-state index is 12.9. The number of hydrogen-bond donors (Lipinski definition) is 2. The second kappa shape index (κ2) is 3.59. The lowest BCUT2D eigenvalue weighted by molar-refractivity contribution is 0.585. The van der Waals surface area contributed by atoms with Crippen molar-refractivity contribution < 1.29 is 4.39 Å². The van der Waals surface area contributed by atoms with Crippen LogP contribution in [-0.4, -0.2) is 9.97 Å². The van der Waals surface area contributed by atoms with E-state index in [1.54, 1.807) is 0 Å². The maximum absolute atomic E-state index is 12.9. The molecule has 0 atom stereocenters. The van der Waals surface area contributed by atoms with Gasteiger partial charge in [-0.25, -0.2) is 9.97 Å². The topological polar surface area (TPSA) is 63.8 Å². The molecule has 14 heavy (non-hydrogen) atoms. The van der Waals surface area contributed by atoms with E-state index < -0.39 is 5.95 Å². The molecule has 4 nitrogen and oxygen atoms in total. The number of nitrogen functional groups attached to an aromatic ring is 1. The van der Waals surface area contributed by atoms with Gasteiger partial charge in [0, 0.05) is 5.38 Å². The highest BCUT2D eigenvalue weighted by atomic mass is 32.1. The summed E-state index contributed by atoms with van der Waals surface area (Å²) in [5, 5.41) is 6.66. The van der Waals surface area contributed by atoms with Crippen LogP contribution in [0.2, 0.25) is 0 Å². The summed E-state index contributed by atoms with van der Waals surface area (Å²) < 4.78 is 12.9. The van der Waals surface area contributed by atoms with Crippen molar-refractivity contribution in [3.05, 3.63) is 29.1 Å². The van der Waals surface area contributed by atoms with Gasteiger partial charge in [-0.3, -0.25) is 0 Å². The lowest BCUT2D eigenvalue weighted by atomic mass is 10.4. The van der Waals surface area contributed by atoms with E-state index in [9.17, 15) is 4.39 Å². The Morgan fingerprint density at radius 2 is 2.29 bits per heavy atom. The Labute approximate surface area is 83.6 Å². The van der Waals surface area contributed by atoms with Crippen molar-refractivity contribution in [3.8, 4) is 0 Å². The van der Waals surface area contributed by atoms with Crippen LogP contribution in [0.3, 0.4) is 0 Å². The van der Waals surface area contributed by atoms with Gasteiger partial charge in [0.15, 0.2) is 5.82 Å². The van der Waals surface area contributed by atoms with Gasteiger partial charge in [-0.1, -0.05) is 0 Å². The molecule has 0 saturated heterocycles. The van der Waals surface area contributed by atoms with E-state index in [4.69, 9.17) is 5.73 Å². The number of anilines is 3. The molecule has 2 heterocycles. The van der Waals surface area contributed by atoms with Gasteiger partial charge in [0.05, 0.1) is 5.69 Å². The van der Waals surface area contributed by atoms with Gasteiger partial charge in [-0.2, -0.15) is 15.7 Å². The van der Waals surface area contributed by atoms with Crippen LogP contribution in [0.1, 0.15) is 0 Å². The minimum absolute atomic E-state index is 0.0706. The molecule has 0 spiro atoms. The number of hydrogen-bond acceptors (Lipinski definition) is 5. The molecule has 0 aliphatic carbocycles. The minimum Gasteiger partial charge on any atom is -0.392 e. The number of nitrogens with zero attached hydrogens (tertiary/aromatic N) is 2. The monoisotopic (exact) mass is 210 g/mol. The summed E-state index contributed by atoms with van der Waals surface area (Å²) in [6, 6.07) is 1.85. The summed E-state index contributed by atoms with van der Waals surface area (Å²) in [6.07, 6.45) is 1.13. The lowest BCUT2D eigenvalue weighted by Gasteiger charge is -2.05. The van der Waals surface area contributed by atoms with E-state index in [1.807, 2.05) is 16.8 Å². The Morgan fingerprint density at radius 1 is 1.43 bits per heavy atom. The predicted octanol–water partition coefficient (Wildman–Crippen LogP) is 2.00. The number of nitrogens with one attached hydrogen (secondary N) is 1. The molecular formula is C8H7FN4S. The van der Waals surface area contributed by atoms with Gasteiger partial charge < -0.3 is 11.1 Å². The van der Waals surface area contributed by atoms with Gasteiger partial charge in [0.25, 0.3) is 0 Å². The van der Waals surface area contributed by atoms with Crippen LogP contribution in [0.5, 0.6) is 0 Å². The van der Waals surface area contributed by atoms with Crippen LogP contribution in [0, 0.1) is 5.95 Å². The summed E-state index contributed by atoms with van der Waals surface area (Å²) in [6.45, 7) is 0. The second-order valence-corrected chi connectivity index (χ2v) is 3.34. The number of nitrogens with two attached hydrogens (primary N) is 1. The highest BCUT2D eigenvalue weighted by Gasteiger charge is 2.06. The van der Waals surface area contributed by atoms with E-state index in [0.29, 0.717) is 0 Å². The van der Waals surface area contributed by atoms with Gasteiger partial charge in [-0.05, 0) is 11.4 Å². The first-order valence-electron chi connectivity index (χ1n) is 3.82. The second-order valence-electron chi connectivity index (χ2n) is 2.56. The third-order valence-corrected chi connectivity index (χ3v) is 2.30. The summed E-state index contributed by atoms with van der Waals surface area (Å²) in [4.78, 5) is 7.16. The minimum atomic E-state index is -0.710. The van der Waals surface area contributed by atoms with E-state index in [0.717, 1.165) is 12.0 Å². The largest absolute Gasteiger partial charge is 0.392 e. The molecule has 2 rings (SSSR count). The zero-order valence-corrected chi connectivity index (χ0v) is 7.88. The first-order valence-corrected chi connectivity index (χ1v) is 4.77. The Balaban J connectivity index is 2.29. The SMILES string of the molecule is Nc1c(F)ncnc1Nc1ccsc1. The van der Waals surface area contributed by atoms with Crippen molar-refractivity contribution >= 4 is 28.5 Å². The Morgan fingerprint density at radius 3 is 3.00 bits per heavy atom. The molecule has 0 amide bonds. The van der Waals surface area contributed by atoms with Crippen LogP contribution in [0.4, 0.5) is 21.6 Å². The molecule has 2 aromatic heterocycles. The first kappa shape index (κ1) is 8.89. The summed E-state index contributed by atoms with van der Waals surface area (Å²) in [7, 11) is 0. The highest BCUT2D eigenvalue weighted by Crippen LogP contribution is 2.22. The van der Waals surface area contributed by atoms with Crippen LogP contribution < -0.4 is 11.1 Å². The van der Waals surface area contributed by atoms with Gasteiger partial charge >= 0.3 is 0 Å². The van der Waals surface area contributed by atoms with Crippen molar-refractivity contribution in [1.82, 2.24) is 9.97 Å². The molecule has 0 unspecified atom stereocenters. The fraction of sp³-hybridized carbons (Fsp3) is 0. The molecule has 6 heteroatoms. The zero-order chi connectivity index (χ0) is 9.97. The summed E-state index contributed by atoms with van der Waals surface area (Å²) >= 11 is 1.53. The maximum Gasteiger partial charge on any atom is 0.241 e. The third kappa shape index (κ3) is 1.64. The van der Waals surface area contributed by atoms with E-state index in [1.165, 1.54) is 11.3 Å².